The number of benzene rings is 2. The molecule has 5 rings (SSSR count). The Morgan fingerprint density at radius 2 is 1.70 bits per heavy atom. The number of piperidine rings is 1. The lowest BCUT2D eigenvalue weighted by molar-refractivity contribution is -0.141. The molecule has 2 aromatic carbocycles. The number of carboxylic acids is 1. The van der Waals surface area contributed by atoms with Crippen molar-refractivity contribution in [1.82, 2.24) is 9.97 Å². The Hall–Kier alpha value is -4.67. The van der Waals surface area contributed by atoms with E-state index in [0.29, 0.717) is 30.3 Å². The van der Waals surface area contributed by atoms with E-state index in [1.54, 1.807) is 4.90 Å². The summed E-state index contributed by atoms with van der Waals surface area (Å²) in [6, 6.07) is 18.4. The average Bonchev–Trinajstić information content (AvgIpc) is 3.42. The number of halogens is 3. The number of hydrogen-bond acceptors (Lipinski definition) is 7. The molecular formula is C29H24F3N3O5. The lowest BCUT2D eigenvalue weighted by atomic mass is 9.90. The SMILES string of the molecule is O=C(O)c1ccc(Oc2ccc(CC(=O)c3oc(N4CCC(c5ccccc5)CC4)nc3C(F)(F)F)cn2)cc1. The summed E-state index contributed by atoms with van der Waals surface area (Å²) in [7, 11) is 0. The number of anilines is 1. The Morgan fingerprint density at radius 3 is 2.30 bits per heavy atom. The third-order valence-electron chi connectivity index (χ3n) is 6.66. The van der Waals surface area contributed by atoms with Gasteiger partial charge < -0.3 is 19.2 Å². The Balaban J connectivity index is 1.26. The van der Waals surface area contributed by atoms with Gasteiger partial charge in [-0.25, -0.2) is 9.78 Å². The van der Waals surface area contributed by atoms with E-state index in [1.165, 1.54) is 48.2 Å². The average molecular weight is 552 g/mol. The van der Waals surface area contributed by atoms with Gasteiger partial charge in [-0.2, -0.15) is 18.2 Å². The first-order chi connectivity index (χ1) is 19.2. The minimum absolute atomic E-state index is 0.0969. The summed E-state index contributed by atoms with van der Waals surface area (Å²) in [4.78, 5) is 33.3. The zero-order valence-corrected chi connectivity index (χ0v) is 21.1. The van der Waals surface area contributed by atoms with E-state index >= 15 is 0 Å². The molecule has 0 amide bonds. The lowest BCUT2D eigenvalue weighted by Gasteiger charge is -2.31. The number of Topliss-reactive ketones (excluding diaryl/α,β-unsaturated/α-hetero) is 1. The molecule has 1 aliphatic rings. The normalized spacial score (nSPS) is 14.2. The summed E-state index contributed by atoms with van der Waals surface area (Å²) in [6.45, 7) is 0.908. The number of hydrogen-bond donors (Lipinski definition) is 1. The number of aromatic nitrogens is 2. The first-order valence-corrected chi connectivity index (χ1v) is 12.5. The van der Waals surface area contributed by atoms with Crippen molar-refractivity contribution in [1.29, 1.82) is 0 Å². The van der Waals surface area contributed by atoms with Crippen molar-refractivity contribution in [2.45, 2.75) is 31.4 Å². The van der Waals surface area contributed by atoms with E-state index in [4.69, 9.17) is 14.3 Å². The second-order valence-corrected chi connectivity index (χ2v) is 9.38. The van der Waals surface area contributed by atoms with Crippen LogP contribution in [-0.4, -0.2) is 39.9 Å². The summed E-state index contributed by atoms with van der Waals surface area (Å²) in [5.41, 5.74) is 0.297. The number of carbonyl (C=O) groups excluding carboxylic acids is 1. The second kappa shape index (κ2) is 11.2. The van der Waals surface area contributed by atoms with Crippen molar-refractivity contribution in [3.05, 3.63) is 101 Å². The molecule has 0 saturated carbocycles. The maximum Gasteiger partial charge on any atom is 0.437 e. The van der Waals surface area contributed by atoms with Gasteiger partial charge in [0.05, 0.1) is 5.56 Å². The molecule has 1 N–H and O–H groups in total. The molecule has 40 heavy (non-hydrogen) atoms. The van der Waals surface area contributed by atoms with Gasteiger partial charge in [-0.05, 0) is 54.2 Å². The van der Waals surface area contributed by atoms with Gasteiger partial charge in [0.1, 0.15) is 5.75 Å². The molecule has 0 spiro atoms. The molecule has 1 fully saturated rings. The van der Waals surface area contributed by atoms with Gasteiger partial charge in [0.2, 0.25) is 17.4 Å². The van der Waals surface area contributed by atoms with E-state index in [9.17, 15) is 22.8 Å². The van der Waals surface area contributed by atoms with Crippen LogP contribution in [0.3, 0.4) is 0 Å². The van der Waals surface area contributed by atoms with Gasteiger partial charge in [0, 0.05) is 31.8 Å². The maximum absolute atomic E-state index is 13.8. The van der Waals surface area contributed by atoms with E-state index in [0.717, 1.165) is 12.8 Å². The number of aromatic carboxylic acids is 1. The quantitative estimate of drug-likeness (QED) is 0.251. The molecule has 206 valence electrons. The molecule has 3 heterocycles. The highest BCUT2D eigenvalue weighted by Gasteiger charge is 2.42. The van der Waals surface area contributed by atoms with E-state index < -0.39 is 29.4 Å². The highest BCUT2D eigenvalue weighted by atomic mass is 19.4. The van der Waals surface area contributed by atoms with Crippen molar-refractivity contribution >= 4 is 17.8 Å². The first kappa shape index (κ1) is 26.9. The molecule has 0 radical (unpaired) electrons. The summed E-state index contributed by atoms with van der Waals surface area (Å²) in [5.74, 6) is -1.97. The third kappa shape index (κ3) is 6.14. The van der Waals surface area contributed by atoms with Gasteiger partial charge in [-0.15, -0.1) is 0 Å². The number of rotatable bonds is 8. The van der Waals surface area contributed by atoms with Crippen LogP contribution in [0.15, 0.2) is 77.3 Å². The van der Waals surface area contributed by atoms with Crippen LogP contribution in [0, 0.1) is 0 Å². The van der Waals surface area contributed by atoms with Crippen LogP contribution in [0.1, 0.15) is 56.5 Å². The number of pyridine rings is 1. The van der Waals surface area contributed by atoms with Gasteiger partial charge in [0.15, 0.2) is 5.69 Å². The molecule has 0 aliphatic carbocycles. The number of ether oxygens (including phenoxy) is 1. The van der Waals surface area contributed by atoms with Gasteiger partial charge in [0.25, 0.3) is 6.01 Å². The molecule has 1 saturated heterocycles. The van der Waals surface area contributed by atoms with E-state index in [-0.39, 0.29) is 23.9 Å². The fourth-order valence-corrected chi connectivity index (χ4v) is 4.58. The van der Waals surface area contributed by atoms with Crippen molar-refractivity contribution in [2.75, 3.05) is 18.0 Å². The van der Waals surface area contributed by atoms with E-state index in [2.05, 4.69) is 9.97 Å². The number of nitrogens with zero attached hydrogens (tertiary/aromatic N) is 3. The second-order valence-electron chi connectivity index (χ2n) is 9.38. The number of alkyl halides is 3. The number of carboxylic acid groups (broad SMARTS) is 1. The van der Waals surface area contributed by atoms with E-state index in [1.807, 2.05) is 30.3 Å². The molecular weight excluding hydrogens is 527 g/mol. The third-order valence-corrected chi connectivity index (χ3v) is 6.66. The van der Waals surface area contributed by atoms with Crippen LogP contribution in [-0.2, 0) is 12.6 Å². The van der Waals surface area contributed by atoms with Crippen LogP contribution in [0.4, 0.5) is 19.2 Å². The highest BCUT2D eigenvalue weighted by Crippen LogP contribution is 2.36. The smallest absolute Gasteiger partial charge is 0.437 e. The Bertz CT molecular complexity index is 1480. The molecule has 1 aliphatic heterocycles. The van der Waals surface area contributed by atoms with Crippen LogP contribution in [0.2, 0.25) is 0 Å². The fourth-order valence-electron chi connectivity index (χ4n) is 4.58. The summed E-state index contributed by atoms with van der Waals surface area (Å²) >= 11 is 0. The topological polar surface area (TPSA) is 106 Å². The van der Waals surface area contributed by atoms with Crippen molar-refractivity contribution in [3.63, 3.8) is 0 Å². The molecule has 11 heteroatoms. The number of carbonyl (C=O) groups is 2. The zero-order valence-electron chi connectivity index (χ0n) is 21.1. The Labute approximate surface area is 227 Å². The van der Waals surface area contributed by atoms with Crippen LogP contribution >= 0.6 is 0 Å². The van der Waals surface area contributed by atoms with Gasteiger partial charge >= 0.3 is 12.1 Å². The molecule has 4 aromatic rings. The molecule has 0 unspecified atom stereocenters. The first-order valence-electron chi connectivity index (χ1n) is 12.5. The number of oxazole rings is 1. The minimum Gasteiger partial charge on any atom is -0.478 e. The molecule has 0 atom stereocenters. The minimum atomic E-state index is -4.86. The monoisotopic (exact) mass is 551 g/mol. The van der Waals surface area contributed by atoms with Crippen LogP contribution in [0.5, 0.6) is 11.6 Å². The lowest BCUT2D eigenvalue weighted by Crippen LogP contribution is -2.33. The largest absolute Gasteiger partial charge is 0.478 e. The predicted molar refractivity (Wildman–Crippen MR) is 138 cm³/mol. The summed E-state index contributed by atoms with van der Waals surface area (Å²) < 4.78 is 52.4. The zero-order chi connectivity index (χ0) is 28.3. The highest BCUT2D eigenvalue weighted by molar-refractivity contribution is 5.96. The van der Waals surface area contributed by atoms with Crippen molar-refractivity contribution in [2.24, 2.45) is 0 Å². The summed E-state index contributed by atoms with van der Waals surface area (Å²) in [6.07, 6.45) is -2.48. The maximum atomic E-state index is 13.8. The molecule has 0 bridgehead atoms. The van der Waals surface area contributed by atoms with Gasteiger partial charge in [-0.3, -0.25) is 4.79 Å². The van der Waals surface area contributed by atoms with Crippen molar-refractivity contribution in [3.8, 4) is 11.6 Å². The molecule has 8 nitrogen and oxygen atoms in total. The fraction of sp³-hybridized carbons (Fsp3) is 0.241. The van der Waals surface area contributed by atoms with Crippen molar-refractivity contribution < 1.29 is 37.0 Å². The molecule has 2 aromatic heterocycles. The number of ketones is 1. The Morgan fingerprint density at radius 1 is 1.00 bits per heavy atom. The summed E-state index contributed by atoms with van der Waals surface area (Å²) in [5, 5.41) is 8.97. The standard InChI is InChI=1S/C29H24F3N3O5/c30-29(31,32)26-25(40-28(34-26)35-14-12-20(13-15-35)19-4-2-1-3-5-19)23(36)16-18-6-11-24(33-17-18)39-22-9-7-21(8-10-22)27(37)38/h1-11,17,20H,12-16H2,(H,37,38). The van der Waals surface area contributed by atoms with Crippen LogP contribution < -0.4 is 9.64 Å². The van der Waals surface area contributed by atoms with Crippen LogP contribution in [0.25, 0.3) is 0 Å². The Kier molecular flexibility index (Phi) is 7.54. The predicted octanol–water partition coefficient (Wildman–Crippen LogP) is 6.39. The van der Waals surface area contributed by atoms with Gasteiger partial charge in [-0.1, -0.05) is 36.4 Å².